The SMILES string of the molecule is CCOc1cc(Cl)cc(CC)c1C1=C(OC)C2(CCC(OC)CC2)NC1. The maximum absolute atomic E-state index is 6.33. The molecule has 0 aromatic heterocycles. The fraction of sp³-hybridized carbons (Fsp3) is 0.619. The lowest BCUT2D eigenvalue weighted by atomic mass is 9.79. The monoisotopic (exact) mass is 379 g/mol. The summed E-state index contributed by atoms with van der Waals surface area (Å²) in [6, 6.07) is 3.97. The van der Waals surface area contributed by atoms with Gasteiger partial charge in [0.25, 0.3) is 0 Å². The molecular formula is C21H30ClNO3. The number of benzene rings is 1. The van der Waals surface area contributed by atoms with E-state index in [2.05, 4.69) is 12.2 Å². The van der Waals surface area contributed by atoms with Crippen molar-refractivity contribution in [1.29, 1.82) is 0 Å². The molecule has 4 nitrogen and oxygen atoms in total. The Bertz CT molecular complexity index is 678. The maximum atomic E-state index is 6.33. The highest BCUT2D eigenvalue weighted by atomic mass is 35.5. The van der Waals surface area contributed by atoms with E-state index in [-0.39, 0.29) is 5.54 Å². The standard InChI is InChI=1S/C21H30ClNO3/c1-5-14-11-15(22)12-18(26-6-2)19(14)17-13-23-21(20(17)25-4)9-7-16(24-3)8-10-21/h11-12,16,23H,5-10,13H2,1-4H3. The van der Waals surface area contributed by atoms with Gasteiger partial charge in [0.1, 0.15) is 11.5 Å². The Hall–Kier alpha value is -1.23. The van der Waals surface area contributed by atoms with E-state index in [9.17, 15) is 0 Å². The highest BCUT2D eigenvalue weighted by Gasteiger charge is 2.45. The third-order valence-electron chi connectivity index (χ3n) is 5.77. The predicted molar refractivity (Wildman–Crippen MR) is 106 cm³/mol. The maximum Gasteiger partial charge on any atom is 0.128 e. The highest BCUT2D eigenvalue weighted by molar-refractivity contribution is 6.30. The first-order chi connectivity index (χ1) is 12.6. The molecule has 1 aliphatic heterocycles. The van der Waals surface area contributed by atoms with E-state index in [1.807, 2.05) is 19.1 Å². The molecule has 1 fully saturated rings. The lowest BCUT2D eigenvalue weighted by Crippen LogP contribution is -2.47. The zero-order valence-electron chi connectivity index (χ0n) is 16.3. The van der Waals surface area contributed by atoms with E-state index in [1.165, 1.54) is 11.1 Å². The largest absolute Gasteiger partial charge is 0.499 e. The molecule has 0 amide bonds. The van der Waals surface area contributed by atoms with E-state index in [4.69, 9.17) is 25.8 Å². The van der Waals surface area contributed by atoms with Crippen molar-refractivity contribution in [2.24, 2.45) is 0 Å². The fourth-order valence-corrected chi connectivity index (χ4v) is 4.71. The molecule has 1 aromatic rings. The molecule has 2 aliphatic rings. The first-order valence-corrected chi connectivity index (χ1v) is 9.97. The summed E-state index contributed by atoms with van der Waals surface area (Å²) in [5.74, 6) is 1.91. The van der Waals surface area contributed by atoms with Crippen LogP contribution in [0.3, 0.4) is 0 Å². The van der Waals surface area contributed by atoms with Crippen LogP contribution in [-0.2, 0) is 15.9 Å². The predicted octanol–water partition coefficient (Wildman–Crippen LogP) is 4.59. The van der Waals surface area contributed by atoms with Gasteiger partial charge in [-0.1, -0.05) is 18.5 Å². The summed E-state index contributed by atoms with van der Waals surface area (Å²) in [6.07, 6.45) is 5.39. The molecule has 0 radical (unpaired) electrons. The Morgan fingerprint density at radius 1 is 1.19 bits per heavy atom. The number of hydrogen-bond donors (Lipinski definition) is 1. The molecule has 1 saturated carbocycles. The molecule has 1 aliphatic carbocycles. The third kappa shape index (κ3) is 3.47. The number of hydrogen-bond acceptors (Lipinski definition) is 4. The summed E-state index contributed by atoms with van der Waals surface area (Å²) in [4.78, 5) is 0. The summed E-state index contributed by atoms with van der Waals surface area (Å²) in [5, 5.41) is 4.48. The fourth-order valence-electron chi connectivity index (χ4n) is 4.48. The van der Waals surface area contributed by atoms with Crippen LogP contribution in [0.15, 0.2) is 17.9 Å². The van der Waals surface area contributed by atoms with Gasteiger partial charge in [-0.05, 0) is 56.7 Å². The van der Waals surface area contributed by atoms with Gasteiger partial charge in [0.05, 0.1) is 25.4 Å². The van der Waals surface area contributed by atoms with E-state index in [1.54, 1.807) is 14.2 Å². The molecule has 0 atom stereocenters. The van der Waals surface area contributed by atoms with Gasteiger partial charge >= 0.3 is 0 Å². The molecule has 0 unspecified atom stereocenters. The van der Waals surface area contributed by atoms with Crippen molar-refractivity contribution < 1.29 is 14.2 Å². The topological polar surface area (TPSA) is 39.7 Å². The number of aryl methyl sites for hydroxylation is 1. The van der Waals surface area contributed by atoms with Gasteiger partial charge in [-0.25, -0.2) is 0 Å². The van der Waals surface area contributed by atoms with Crippen molar-refractivity contribution >= 4 is 17.2 Å². The van der Waals surface area contributed by atoms with Crippen LogP contribution >= 0.6 is 11.6 Å². The lowest BCUT2D eigenvalue weighted by Gasteiger charge is -2.38. The minimum Gasteiger partial charge on any atom is -0.499 e. The van der Waals surface area contributed by atoms with Crippen LogP contribution in [-0.4, -0.2) is 39.0 Å². The molecule has 1 spiro atoms. The molecule has 26 heavy (non-hydrogen) atoms. The van der Waals surface area contributed by atoms with Gasteiger partial charge in [0.2, 0.25) is 0 Å². The second-order valence-corrected chi connectivity index (χ2v) is 7.54. The van der Waals surface area contributed by atoms with Crippen molar-refractivity contribution in [1.82, 2.24) is 5.32 Å². The van der Waals surface area contributed by atoms with Crippen LogP contribution in [0, 0.1) is 0 Å². The van der Waals surface area contributed by atoms with Crippen molar-refractivity contribution in [2.75, 3.05) is 27.4 Å². The Morgan fingerprint density at radius 3 is 2.50 bits per heavy atom. The summed E-state index contributed by atoms with van der Waals surface area (Å²) >= 11 is 6.33. The van der Waals surface area contributed by atoms with Crippen LogP contribution in [0.4, 0.5) is 0 Å². The van der Waals surface area contributed by atoms with Crippen LogP contribution in [0.25, 0.3) is 5.57 Å². The van der Waals surface area contributed by atoms with E-state index < -0.39 is 0 Å². The minimum atomic E-state index is -0.0900. The third-order valence-corrected chi connectivity index (χ3v) is 5.99. The molecule has 5 heteroatoms. The minimum absolute atomic E-state index is 0.0900. The second-order valence-electron chi connectivity index (χ2n) is 7.11. The van der Waals surface area contributed by atoms with Gasteiger partial charge < -0.3 is 19.5 Å². The highest BCUT2D eigenvalue weighted by Crippen LogP contribution is 2.45. The molecule has 1 heterocycles. The van der Waals surface area contributed by atoms with Crippen molar-refractivity contribution in [3.05, 3.63) is 34.0 Å². The van der Waals surface area contributed by atoms with Crippen LogP contribution in [0.2, 0.25) is 5.02 Å². The van der Waals surface area contributed by atoms with Crippen molar-refractivity contribution in [2.45, 2.75) is 57.6 Å². The molecule has 3 rings (SSSR count). The van der Waals surface area contributed by atoms with Gasteiger partial charge in [-0.3, -0.25) is 0 Å². The summed E-state index contributed by atoms with van der Waals surface area (Å²) in [6.45, 7) is 5.55. The quantitative estimate of drug-likeness (QED) is 0.784. The van der Waals surface area contributed by atoms with Crippen molar-refractivity contribution in [3.63, 3.8) is 0 Å². The molecule has 1 N–H and O–H groups in total. The smallest absolute Gasteiger partial charge is 0.128 e. The second kappa shape index (κ2) is 8.20. The molecule has 0 bridgehead atoms. The lowest BCUT2D eigenvalue weighted by molar-refractivity contribution is 0.0407. The van der Waals surface area contributed by atoms with E-state index >= 15 is 0 Å². The Kier molecular flexibility index (Phi) is 6.16. The first kappa shape index (κ1) is 19.5. The van der Waals surface area contributed by atoms with E-state index in [0.29, 0.717) is 12.7 Å². The Morgan fingerprint density at radius 2 is 1.92 bits per heavy atom. The zero-order chi connectivity index (χ0) is 18.7. The van der Waals surface area contributed by atoms with E-state index in [0.717, 1.165) is 60.7 Å². The van der Waals surface area contributed by atoms with Gasteiger partial charge in [0, 0.05) is 29.8 Å². The van der Waals surface area contributed by atoms with Crippen LogP contribution < -0.4 is 10.1 Å². The Labute approximate surface area is 161 Å². The molecule has 0 saturated heterocycles. The molecule has 1 aromatic carbocycles. The van der Waals surface area contributed by atoms with Crippen LogP contribution in [0.1, 0.15) is 50.7 Å². The number of ether oxygens (including phenoxy) is 3. The summed E-state index contributed by atoms with van der Waals surface area (Å²) < 4.78 is 17.5. The number of rotatable bonds is 6. The molecular weight excluding hydrogens is 350 g/mol. The Balaban J connectivity index is 2.07. The average Bonchev–Trinajstić information content (AvgIpc) is 2.99. The molecule has 144 valence electrons. The normalized spacial score (nSPS) is 25.8. The average molecular weight is 380 g/mol. The summed E-state index contributed by atoms with van der Waals surface area (Å²) in [7, 11) is 3.59. The van der Waals surface area contributed by atoms with Gasteiger partial charge in [-0.2, -0.15) is 0 Å². The number of methoxy groups -OCH3 is 2. The number of halogens is 1. The van der Waals surface area contributed by atoms with Gasteiger partial charge in [0.15, 0.2) is 0 Å². The van der Waals surface area contributed by atoms with Gasteiger partial charge in [-0.15, -0.1) is 0 Å². The zero-order valence-corrected chi connectivity index (χ0v) is 17.0. The van der Waals surface area contributed by atoms with Crippen LogP contribution in [0.5, 0.6) is 5.75 Å². The van der Waals surface area contributed by atoms with Crippen molar-refractivity contribution in [3.8, 4) is 5.75 Å². The first-order valence-electron chi connectivity index (χ1n) is 9.59. The summed E-state index contributed by atoms with van der Waals surface area (Å²) in [5.41, 5.74) is 3.47. The number of nitrogens with one attached hydrogen (secondary N) is 1.